The lowest BCUT2D eigenvalue weighted by Gasteiger charge is -2.14. The molecule has 4 heteroatoms. The molecule has 0 amide bonds. The van der Waals surface area contributed by atoms with Crippen LogP contribution < -0.4 is 10.1 Å². The van der Waals surface area contributed by atoms with E-state index in [0.29, 0.717) is 6.54 Å². The third-order valence-electron chi connectivity index (χ3n) is 2.59. The molecule has 17 heavy (non-hydrogen) atoms. The van der Waals surface area contributed by atoms with E-state index in [1.54, 1.807) is 14.0 Å². The first kappa shape index (κ1) is 13.5. The molecule has 1 aromatic carbocycles. The number of aryl methyl sites for hydroxylation is 1. The van der Waals surface area contributed by atoms with Gasteiger partial charge in [-0.2, -0.15) is 0 Å². The second-order valence-electron chi connectivity index (χ2n) is 3.94. The molecule has 0 aliphatic heterocycles. The minimum Gasteiger partial charge on any atom is -0.496 e. The molecular formula is C13H19NO3. The van der Waals surface area contributed by atoms with Gasteiger partial charge in [0.25, 0.3) is 0 Å². The Labute approximate surface area is 102 Å². The lowest BCUT2D eigenvalue weighted by molar-refractivity contribution is -0.142. The Bertz CT molecular complexity index is 390. The van der Waals surface area contributed by atoms with E-state index in [2.05, 4.69) is 10.1 Å². The molecule has 0 bridgehead atoms. The lowest BCUT2D eigenvalue weighted by atomic mass is 10.1. The highest BCUT2D eigenvalue weighted by atomic mass is 16.5. The van der Waals surface area contributed by atoms with E-state index in [4.69, 9.17) is 4.74 Å². The smallest absolute Gasteiger partial charge is 0.322 e. The summed E-state index contributed by atoms with van der Waals surface area (Å²) in [6, 6.07) is 5.63. The maximum atomic E-state index is 11.2. The molecular weight excluding hydrogens is 218 g/mol. The zero-order valence-corrected chi connectivity index (χ0v) is 10.7. The molecule has 0 spiro atoms. The fourth-order valence-corrected chi connectivity index (χ4v) is 1.57. The molecule has 1 N–H and O–H groups in total. The Morgan fingerprint density at radius 2 is 2.12 bits per heavy atom. The number of carbonyl (C=O) groups excluding carboxylic acids is 1. The van der Waals surface area contributed by atoms with Gasteiger partial charge in [0.05, 0.1) is 14.2 Å². The molecule has 94 valence electrons. The van der Waals surface area contributed by atoms with E-state index in [0.717, 1.165) is 16.9 Å². The number of methoxy groups -OCH3 is 2. The lowest BCUT2D eigenvalue weighted by Crippen LogP contribution is -2.34. The number of rotatable bonds is 5. The van der Waals surface area contributed by atoms with Crippen LogP contribution in [-0.4, -0.2) is 26.2 Å². The molecule has 1 atom stereocenters. The Morgan fingerprint density at radius 3 is 2.71 bits per heavy atom. The molecule has 0 radical (unpaired) electrons. The van der Waals surface area contributed by atoms with Crippen molar-refractivity contribution in [3.63, 3.8) is 0 Å². The van der Waals surface area contributed by atoms with Crippen molar-refractivity contribution < 1.29 is 14.3 Å². The van der Waals surface area contributed by atoms with Crippen LogP contribution in [0.1, 0.15) is 18.1 Å². The monoisotopic (exact) mass is 237 g/mol. The van der Waals surface area contributed by atoms with Crippen molar-refractivity contribution in [3.8, 4) is 5.75 Å². The van der Waals surface area contributed by atoms with Crippen LogP contribution in [0.3, 0.4) is 0 Å². The van der Waals surface area contributed by atoms with E-state index >= 15 is 0 Å². The number of benzene rings is 1. The summed E-state index contributed by atoms with van der Waals surface area (Å²) < 4.78 is 9.91. The van der Waals surface area contributed by atoms with Crippen LogP contribution >= 0.6 is 0 Å². The maximum absolute atomic E-state index is 11.2. The molecule has 0 heterocycles. The predicted molar refractivity (Wildman–Crippen MR) is 66.0 cm³/mol. The van der Waals surface area contributed by atoms with Gasteiger partial charge in [-0.1, -0.05) is 17.7 Å². The van der Waals surface area contributed by atoms with E-state index in [9.17, 15) is 4.79 Å². The summed E-state index contributed by atoms with van der Waals surface area (Å²) in [5, 5.41) is 3.10. The SMILES string of the molecule is COC(=O)[C@H](C)NCc1cc(C)ccc1OC. The summed E-state index contributed by atoms with van der Waals surface area (Å²) >= 11 is 0. The summed E-state index contributed by atoms with van der Waals surface area (Å²) in [7, 11) is 3.02. The second kappa shape index (κ2) is 6.25. The van der Waals surface area contributed by atoms with Gasteiger partial charge in [-0.3, -0.25) is 4.79 Å². The van der Waals surface area contributed by atoms with Crippen LogP contribution in [0.25, 0.3) is 0 Å². The van der Waals surface area contributed by atoms with Crippen molar-refractivity contribution in [2.45, 2.75) is 26.4 Å². The normalized spacial score (nSPS) is 12.0. The largest absolute Gasteiger partial charge is 0.496 e. The van der Waals surface area contributed by atoms with Gasteiger partial charge in [-0.05, 0) is 19.9 Å². The minimum absolute atomic E-state index is 0.267. The molecule has 0 fully saturated rings. The summed E-state index contributed by atoms with van der Waals surface area (Å²) in [6.45, 7) is 4.36. The van der Waals surface area contributed by atoms with Crippen LogP contribution in [0.5, 0.6) is 5.75 Å². The molecule has 0 aliphatic carbocycles. The number of esters is 1. The van der Waals surface area contributed by atoms with Gasteiger partial charge in [-0.15, -0.1) is 0 Å². The summed E-state index contributed by atoms with van der Waals surface area (Å²) in [6.07, 6.45) is 0. The third kappa shape index (κ3) is 3.75. The van der Waals surface area contributed by atoms with Crippen molar-refractivity contribution in [1.29, 1.82) is 0 Å². The first-order chi connectivity index (χ1) is 8.08. The summed E-state index contributed by atoms with van der Waals surface area (Å²) in [4.78, 5) is 11.2. The van der Waals surface area contributed by atoms with Crippen LogP contribution in [0, 0.1) is 6.92 Å². The van der Waals surface area contributed by atoms with Gasteiger partial charge in [0.2, 0.25) is 0 Å². The zero-order valence-electron chi connectivity index (χ0n) is 10.7. The number of carbonyl (C=O) groups is 1. The second-order valence-corrected chi connectivity index (χ2v) is 3.94. The molecule has 0 unspecified atom stereocenters. The molecule has 0 saturated heterocycles. The van der Waals surface area contributed by atoms with Gasteiger partial charge >= 0.3 is 5.97 Å². The molecule has 0 aromatic heterocycles. The van der Waals surface area contributed by atoms with E-state index < -0.39 is 0 Å². The van der Waals surface area contributed by atoms with E-state index in [1.807, 2.05) is 25.1 Å². The van der Waals surface area contributed by atoms with E-state index in [-0.39, 0.29) is 12.0 Å². The Balaban J connectivity index is 2.68. The van der Waals surface area contributed by atoms with Crippen molar-refractivity contribution in [2.75, 3.05) is 14.2 Å². The topological polar surface area (TPSA) is 47.6 Å². The van der Waals surface area contributed by atoms with Gasteiger partial charge in [0.1, 0.15) is 11.8 Å². The van der Waals surface area contributed by atoms with Crippen LogP contribution in [-0.2, 0) is 16.1 Å². The fraction of sp³-hybridized carbons (Fsp3) is 0.462. The number of hydrogen-bond donors (Lipinski definition) is 1. The highest BCUT2D eigenvalue weighted by Crippen LogP contribution is 2.19. The number of ether oxygens (including phenoxy) is 2. The van der Waals surface area contributed by atoms with Gasteiger partial charge in [-0.25, -0.2) is 0 Å². The van der Waals surface area contributed by atoms with Gasteiger partial charge in [0.15, 0.2) is 0 Å². The molecule has 0 aliphatic rings. The standard InChI is InChI=1S/C13H19NO3/c1-9-5-6-12(16-3)11(7-9)8-14-10(2)13(15)17-4/h5-7,10,14H,8H2,1-4H3/t10-/m0/s1. The Kier molecular flexibility index (Phi) is 4.97. The van der Waals surface area contributed by atoms with E-state index in [1.165, 1.54) is 7.11 Å². The molecule has 0 saturated carbocycles. The van der Waals surface area contributed by atoms with Crippen LogP contribution in [0.4, 0.5) is 0 Å². The van der Waals surface area contributed by atoms with Crippen molar-refractivity contribution in [2.24, 2.45) is 0 Å². The van der Waals surface area contributed by atoms with Crippen molar-refractivity contribution >= 4 is 5.97 Å². The number of nitrogens with one attached hydrogen (secondary N) is 1. The number of hydrogen-bond acceptors (Lipinski definition) is 4. The highest BCUT2D eigenvalue weighted by Gasteiger charge is 2.13. The third-order valence-corrected chi connectivity index (χ3v) is 2.59. The highest BCUT2D eigenvalue weighted by molar-refractivity contribution is 5.75. The van der Waals surface area contributed by atoms with Gasteiger partial charge < -0.3 is 14.8 Å². The molecule has 1 aromatic rings. The van der Waals surface area contributed by atoms with Crippen molar-refractivity contribution in [3.05, 3.63) is 29.3 Å². The van der Waals surface area contributed by atoms with Crippen LogP contribution in [0.15, 0.2) is 18.2 Å². The molecule has 4 nitrogen and oxygen atoms in total. The molecule has 1 rings (SSSR count). The fourth-order valence-electron chi connectivity index (χ4n) is 1.57. The first-order valence-electron chi connectivity index (χ1n) is 5.53. The minimum atomic E-state index is -0.329. The first-order valence-corrected chi connectivity index (χ1v) is 5.53. The Hall–Kier alpha value is -1.55. The average molecular weight is 237 g/mol. The van der Waals surface area contributed by atoms with Gasteiger partial charge in [0, 0.05) is 12.1 Å². The zero-order chi connectivity index (χ0) is 12.8. The van der Waals surface area contributed by atoms with Crippen LogP contribution in [0.2, 0.25) is 0 Å². The predicted octanol–water partition coefficient (Wildman–Crippen LogP) is 1.65. The summed E-state index contributed by atoms with van der Waals surface area (Å²) in [5.41, 5.74) is 2.19. The van der Waals surface area contributed by atoms with Crippen molar-refractivity contribution in [1.82, 2.24) is 5.32 Å². The quantitative estimate of drug-likeness (QED) is 0.791. The maximum Gasteiger partial charge on any atom is 0.322 e. The average Bonchev–Trinajstić information content (AvgIpc) is 2.35. The summed E-state index contributed by atoms with van der Waals surface area (Å²) in [5.74, 6) is 0.553. The Morgan fingerprint density at radius 1 is 1.41 bits per heavy atom.